The lowest BCUT2D eigenvalue weighted by Gasteiger charge is -2.03. The first-order valence-corrected chi connectivity index (χ1v) is 6.39. The fraction of sp³-hybridized carbons (Fsp3) is 0.250. The van der Waals surface area contributed by atoms with Crippen molar-refractivity contribution in [2.24, 2.45) is 5.73 Å². The molecule has 0 bridgehead atoms. The quantitative estimate of drug-likeness (QED) is 0.883. The molecule has 0 saturated carbocycles. The molecule has 0 aromatic carbocycles. The van der Waals surface area contributed by atoms with E-state index in [1.54, 1.807) is 18.5 Å². The number of carbonyl (C=O) groups is 1. The molecule has 2 heterocycles. The molecule has 0 saturated heterocycles. The summed E-state index contributed by atoms with van der Waals surface area (Å²) >= 11 is 1.46. The van der Waals surface area contributed by atoms with Crippen LogP contribution < -0.4 is 11.1 Å². The van der Waals surface area contributed by atoms with Crippen LogP contribution >= 0.6 is 11.3 Å². The molecule has 0 aliphatic heterocycles. The van der Waals surface area contributed by atoms with E-state index in [2.05, 4.69) is 15.3 Å². The summed E-state index contributed by atoms with van der Waals surface area (Å²) in [5.41, 5.74) is 7.37. The molecule has 1 atom stereocenters. The van der Waals surface area contributed by atoms with Crippen molar-refractivity contribution < 1.29 is 4.79 Å². The Morgan fingerprint density at radius 1 is 1.50 bits per heavy atom. The van der Waals surface area contributed by atoms with Crippen LogP contribution in [0.25, 0.3) is 10.6 Å². The molecule has 0 radical (unpaired) electrons. The number of anilines is 1. The van der Waals surface area contributed by atoms with Crippen LogP contribution in [0, 0.1) is 6.92 Å². The number of aryl methyl sites for hydroxylation is 1. The van der Waals surface area contributed by atoms with Crippen molar-refractivity contribution in [1.82, 2.24) is 9.97 Å². The highest BCUT2D eigenvalue weighted by atomic mass is 32.1. The van der Waals surface area contributed by atoms with E-state index in [1.807, 2.05) is 19.1 Å². The minimum Gasteiger partial charge on any atom is -0.320 e. The van der Waals surface area contributed by atoms with Crippen molar-refractivity contribution in [3.05, 3.63) is 29.4 Å². The van der Waals surface area contributed by atoms with E-state index >= 15 is 0 Å². The molecule has 5 nitrogen and oxygen atoms in total. The van der Waals surface area contributed by atoms with Crippen LogP contribution in [0.2, 0.25) is 0 Å². The summed E-state index contributed by atoms with van der Waals surface area (Å²) in [5.74, 6) is 0.284. The van der Waals surface area contributed by atoms with Crippen molar-refractivity contribution in [3.63, 3.8) is 0 Å². The largest absolute Gasteiger partial charge is 0.320 e. The molecule has 18 heavy (non-hydrogen) atoms. The minimum absolute atomic E-state index is 0.242. The van der Waals surface area contributed by atoms with Gasteiger partial charge in [0.2, 0.25) is 5.91 Å². The first-order valence-electron chi connectivity index (χ1n) is 5.51. The molecule has 0 aliphatic carbocycles. The molecule has 94 valence electrons. The predicted octanol–water partition coefficient (Wildman–Crippen LogP) is 1.80. The standard InChI is InChI=1S/C12H14N4OS/c1-7-3-4-9(5-14-7)12-16-10(6-18-12)15-11(17)8(2)13/h3-6,8H,13H2,1-2H3,(H,15,17)/t8-/m0/s1. The summed E-state index contributed by atoms with van der Waals surface area (Å²) in [6.07, 6.45) is 1.77. The maximum atomic E-state index is 11.4. The maximum Gasteiger partial charge on any atom is 0.242 e. The second-order valence-electron chi connectivity index (χ2n) is 4.00. The van der Waals surface area contributed by atoms with Gasteiger partial charge in [-0.3, -0.25) is 9.78 Å². The van der Waals surface area contributed by atoms with E-state index in [1.165, 1.54) is 11.3 Å². The molecule has 1 amide bonds. The summed E-state index contributed by atoms with van der Waals surface area (Å²) in [5, 5.41) is 5.27. The molecule has 2 rings (SSSR count). The van der Waals surface area contributed by atoms with E-state index in [9.17, 15) is 4.79 Å². The van der Waals surface area contributed by atoms with E-state index in [4.69, 9.17) is 5.73 Å². The smallest absolute Gasteiger partial charge is 0.242 e. The van der Waals surface area contributed by atoms with Gasteiger partial charge in [-0.25, -0.2) is 4.98 Å². The van der Waals surface area contributed by atoms with Gasteiger partial charge < -0.3 is 11.1 Å². The summed E-state index contributed by atoms with van der Waals surface area (Å²) < 4.78 is 0. The number of nitrogens with two attached hydrogens (primary N) is 1. The molecule has 0 spiro atoms. The van der Waals surface area contributed by atoms with Gasteiger partial charge in [-0.05, 0) is 26.0 Å². The monoisotopic (exact) mass is 262 g/mol. The normalized spacial score (nSPS) is 12.2. The van der Waals surface area contributed by atoms with E-state index in [0.717, 1.165) is 16.3 Å². The van der Waals surface area contributed by atoms with Gasteiger partial charge in [0.15, 0.2) is 0 Å². The molecular formula is C12H14N4OS. The fourth-order valence-corrected chi connectivity index (χ4v) is 2.04. The number of nitrogens with zero attached hydrogens (tertiary/aromatic N) is 2. The molecule has 2 aromatic rings. The van der Waals surface area contributed by atoms with Gasteiger partial charge in [0.05, 0.1) is 6.04 Å². The number of pyridine rings is 1. The third-order valence-corrected chi connectivity index (χ3v) is 3.22. The van der Waals surface area contributed by atoms with Crippen molar-refractivity contribution in [3.8, 4) is 10.6 Å². The van der Waals surface area contributed by atoms with Gasteiger partial charge in [-0.15, -0.1) is 11.3 Å². The first-order chi connectivity index (χ1) is 8.56. The molecule has 0 aliphatic rings. The summed E-state index contributed by atoms with van der Waals surface area (Å²) in [7, 11) is 0. The highest BCUT2D eigenvalue weighted by Gasteiger charge is 2.10. The van der Waals surface area contributed by atoms with Crippen LogP contribution in [-0.2, 0) is 4.79 Å². The number of hydrogen-bond donors (Lipinski definition) is 2. The molecule has 3 N–H and O–H groups in total. The van der Waals surface area contributed by atoms with E-state index < -0.39 is 6.04 Å². The van der Waals surface area contributed by atoms with E-state index in [-0.39, 0.29) is 5.91 Å². The zero-order valence-corrected chi connectivity index (χ0v) is 11.0. The fourth-order valence-electron chi connectivity index (χ4n) is 1.30. The Bertz CT molecular complexity index is 547. The van der Waals surface area contributed by atoms with Crippen LogP contribution in [0.5, 0.6) is 0 Å². The number of nitrogens with one attached hydrogen (secondary N) is 1. The minimum atomic E-state index is -0.545. The highest BCUT2D eigenvalue weighted by Crippen LogP contribution is 2.25. The Morgan fingerprint density at radius 3 is 2.89 bits per heavy atom. The average Bonchev–Trinajstić information content (AvgIpc) is 2.78. The summed E-state index contributed by atoms with van der Waals surface area (Å²) in [4.78, 5) is 20.0. The topological polar surface area (TPSA) is 80.9 Å². The molecule has 0 unspecified atom stereocenters. The SMILES string of the molecule is Cc1ccc(-c2nc(NC(=O)[C@H](C)N)cs2)cn1. The summed E-state index contributed by atoms with van der Waals surface area (Å²) in [6.45, 7) is 3.56. The van der Waals surface area contributed by atoms with Crippen molar-refractivity contribution in [2.45, 2.75) is 19.9 Å². The number of amides is 1. The Labute approximate surface area is 109 Å². The lowest BCUT2D eigenvalue weighted by Crippen LogP contribution is -2.32. The lowest BCUT2D eigenvalue weighted by molar-refractivity contribution is -0.117. The van der Waals surface area contributed by atoms with Crippen LogP contribution in [0.4, 0.5) is 5.82 Å². The second-order valence-corrected chi connectivity index (χ2v) is 4.86. The average molecular weight is 262 g/mol. The van der Waals surface area contributed by atoms with Gasteiger partial charge in [-0.2, -0.15) is 0 Å². The number of thiazole rings is 1. The van der Waals surface area contributed by atoms with Gasteiger partial charge >= 0.3 is 0 Å². The molecular weight excluding hydrogens is 248 g/mol. The van der Waals surface area contributed by atoms with Crippen molar-refractivity contribution in [2.75, 3.05) is 5.32 Å². The molecule has 6 heteroatoms. The van der Waals surface area contributed by atoms with Crippen LogP contribution in [0.15, 0.2) is 23.7 Å². The van der Waals surface area contributed by atoms with Gasteiger partial charge in [0.1, 0.15) is 10.8 Å². The van der Waals surface area contributed by atoms with Gasteiger partial charge in [0.25, 0.3) is 0 Å². The number of aromatic nitrogens is 2. The highest BCUT2D eigenvalue weighted by molar-refractivity contribution is 7.13. The Kier molecular flexibility index (Phi) is 3.69. The van der Waals surface area contributed by atoms with Crippen molar-refractivity contribution >= 4 is 23.1 Å². The Balaban J connectivity index is 2.15. The Hall–Kier alpha value is -1.79. The zero-order valence-electron chi connectivity index (χ0n) is 10.2. The number of rotatable bonds is 3. The van der Waals surface area contributed by atoms with Crippen molar-refractivity contribution in [1.29, 1.82) is 0 Å². The van der Waals surface area contributed by atoms with Crippen LogP contribution in [0.1, 0.15) is 12.6 Å². The van der Waals surface area contributed by atoms with Crippen LogP contribution in [0.3, 0.4) is 0 Å². The first kappa shape index (κ1) is 12.7. The van der Waals surface area contributed by atoms with E-state index in [0.29, 0.717) is 5.82 Å². The van der Waals surface area contributed by atoms with Gasteiger partial charge in [0, 0.05) is 22.8 Å². The molecule has 0 fully saturated rings. The van der Waals surface area contributed by atoms with Crippen LogP contribution in [-0.4, -0.2) is 21.9 Å². The molecule has 2 aromatic heterocycles. The van der Waals surface area contributed by atoms with Gasteiger partial charge in [-0.1, -0.05) is 0 Å². The Morgan fingerprint density at radius 2 is 2.28 bits per heavy atom. The third kappa shape index (κ3) is 2.91. The second kappa shape index (κ2) is 5.24. The zero-order chi connectivity index (χ0) is 13.1. The number of hydrogen-bond acceptors (Lipinski definition) is 5. The number of carbonyl (C=O) groups excluding carboxylic acids is 1. The third-order valence-electron chi connectivity index (χ3n) is 2.33. The maximum absolute atomic E-state index is 11.4. The lowest BCUT2D eigenvalue weighted by atomic mass is 10.3. The summed E-state index contributed by atoms with van der Waals surface area (Å²) in [6, 6.07) is 3.34. The predicted molar refractivity (Wildman–Crippen MR) is 72.4 cm³/mol.